The van der Waals surface area contributed by atoms with Gasteiger partial charge in [-0.05, 0) is 40.0 Å². The first-order valence-corrected chi connectivity index (χ1v) is 10.1. The van der Waals surface area contributed by atoms with Crippen molar-refractivity contribution in [2.45, 2.75) is 51.3 Å². The van der Waals surface area contributed by atoms with Crippen molar-refractivity contribution in [1.29, 1.82) is 0 Å². The molecule has 0 aliphatic carbocycles. The Morgan fingerprint density at radius 1 is 1.06 bits per heavy atom. The maximum absolute atomic E-state index is 6.02. The van der Waals surface area contributed by atoms with Crippen LogP contribution in [0.15, 0.2) is 0 Å². The van der Waals surface area contributed by atoms with Gasteiger partial charge in [0.1, 0.15) is 0 Å². The fourth-order valence-corrected chi connectivity index (χ4v) is 7.45. The summed E-state index contributed by atoms with van der Waals surface area (Å²) >= 11 is 0. The molecule has 1 fully saturated rings. The molecule has 108 valence electrons. The van der Waals surface area contributed by atoms with Crippen molar-refractivity contribution >= 4 is 19.0 Å². The van der Waals surface area contributed by atoms with Crippen LogP contribution in [0.2, 0.25) is 6.04 Å². The highest BCUT2D eigenvalue weighted by Crippen LogP contribution is 2.32. The van der Waals surface area contributed by atoms with E-state index in [1.54, 1.807) is 0 Å². The predicted octanol–water partition coefficient (Wildman–Crippen LogP) is 1.30. The van der Waals surface area contributed by atoms with Crippen LogP contribution in [-0.4, -0.2) is 50.7 Å². The largest absolute Gasteiger partial charge is 0.503 e. The van der Waals surface area contributed by atoms with Crippen LogP contribution in [0.5, 0.6) is 0 Å². The van der Waals surface area contributed by atoms with Gasteiger partial charge in [-0.15, -0.1) is 0 Å². The standard InChI is InChI=1S/C12H28O4Si2/c1-4-14-18(15-5-2,16-6-3)11-12(17)9-7-8-10-13-12/h4-11H2,1-3,17H3. The van der Waals surface area contributed by atoms with Crippen molar-refractivity contribution in [2.24, 2.45) is 0 Å². The molecular formula is C12H28O4Si2. The Morgan fingerprint density at radius 2 is 1.61 bits per heavy atom. The molecule has 1 unspecified atom stereocenters. The van der Waals surface area contributed by atoms with Gasteiger partial charge < -0.3 is 18.0 Å². The van der Waals surface area contributed by atoms with E-state index in [1.807, 2.05) is 20.8 Å². The summed E-state index contributed by atoms with van der Waals surface area (Å²) in [6.45, 7) is 8.81. The lowest BCUT2D eigenvalue weighted by Crippen LogP contribution is -2.54. The van der Waals surface area contributed by atoms with Gasteiger partial charge >= 0.3 is 8.80 Å². The van der Waals surface area contributed by atoms with Gasteiger partial charge in [0.25, 0.3) is 0 Å². The lowest BCUT2D eigenvalue weighted by Gasteiger charge is -2.39. The Morgan fingerprint density at radius 3 is 2.00 bits per heavy atom. The molecule has 6 heteroatoms. The zero-order valence-corrected chi connectivity index (χ0v) is 15.3. The maximum atomic E-state index is 6.02. The van der Waals surface area contributed by atoms with Crippen LogP contribution in [0.25, 0.3) is 0 Å². The van der Waals surface area contributed by atoms with Crippen LogP contribution in [0, 0.1) is 0 Å². The molecule has 0 bridgehead atoms. The molecule has 1 aliphatic heterocycles. The summed E-state index contributed by atoms with van der Waals surface area (Å²) in [5.41, 5.74) is 0. The Bertz CT molecular complexity index is 215. The SMILES string of the molecule is CCO[Si](CC1([SiH3])CCCCO1)(OCC)OCC. The molecule has 0 radical (unpaired) electrons. The molecule has 0 saturated carbocycles. The molecule has 4 nitrogen and oxygen atoms in total. The van der Waals surface area contributed by atoms with Crippen molar-refractivity contribution in [3.63, 3.8) is 0 Å². The second-order valence-electron chi connectivity index (χ2n) is 4.91. The van der Waals surface area contributed by atoms with Crippen LogP contribution in [0.4, 0.5) is 0 Å². The Kier molecular flexibility index (Phi) is 7.04. The molecule has 1 rings (SSSR count). The smallest absolute Gasteiger partial charge is 0.380 e. The number of hydrogen-bond acceptors (Lipinski definition) is 4. The fraction of sp³-hybridized carbons (Fsp3) is 1.00. The summed E-state index contributed by atoms with van der Waals surface area (Å²) in [6.07, 6.45) is 3.55. The van der Waals surface area contributed by atoms with Gasteiger partial charge in [-0.2, -0.15) is 0 Å². The summed E-state index contributed by atoms with van der Waals surface area (Å²) in [5.74, 6) is 0. The third-order valence-corrected chi connectivity index (χ3v) is 8.45. The van der Waals surface area contributed by atoms with E-state index in [-0.39, 0.29) is 5.22 Å². The van der Waals surface area contributed by atoms with Gasteiger partial charge in [0.2, 0.25) is 0 Å². The summed E-state index contributed by atoms with van der Waals surface area (Å²) in [4.78, 5) is 0. The van der Waals surface area contributed by atoms with Gasteiger partial charge in [0.05, 0.1) is 5.22 Å². The highest BCUT2D eigenvalue weighted by molar-refractivity contribution is 6.61. The van der Waals surface area contributed by atoms with E-state index < -0.39 is 8.80 Å². The van der Waals surface area contributed by atoms with E-state index in [9.17, 15) is 0 Å². The second-order valence-corrected chi connectivity index (χ2v) is 9.32. The molecule has 1 atom stereocenters. The summed E-state index contributed by atoms with van der Waals surface area (Å²) in [5, 5.41) is -0.00994. The quantitative estimate of drug-likeness (QED) is 0.632. The Balaban J connectivity index is 2.73. The van der Waals surface area contributed by atoms with E-state index in [1.165, 1.54) is 12.8 Å². The highest BCUT2D eigenvalue weighted by atomic mass is 28.4. The van der Waals surface area contributed by atoms with Crippen molar-refractivity contribution in [2.75, 3.05) is 26.4 Å². The maximum Gasteiger partial charge on any atom is 0.503 e. The van der Waals surface area contributed by atoms with Crippen LogP contribution in [0.1, 0.15) is 40.0 Å². The van der Waals surface area contributed by atoms with E-state index in [0.717, 1.165) is 29.3 Å². The normalized spacial score (nSPS) is 25.5. The molecule has 0 amide bonds. The molecular weight excluding hydrogens is 264 g/mol. The van der Waals surface area contributed by atoms with Crippen molar-refractivity contribution < 1.29 is 18.0 Å². The van der Waals surface area contributed by atoms with Gasteiger partial charge in [-0.1, -0.05) is 0 Å². The first-order valence-electron chi connectivity index (χ1n) is 7.15. The van der Waals surface area contributed by atoms with Crippen LogP contribution >= 0.6 is 0 Å². The monoisotopic (exact) mass is 292 g/mol. The van der Waals surface area contributed by atoms with Crippen molar-refractivity contribution in [3.05, 3.63) is 0 Å². The summed E-state index contributed by atoms with van der Waals surface area (Å²) < 4.78 is 23.8. The average Bonchev–Trinajstić information content (AvgIpc) is 2.30. The molecule has 1 saturated heterocycles. The Labute approximate surface area is 115 Å². The van der Waals surface area contributed by atoms with Crippen molar-refractivity contribution in [3.8, 4) is 0 Å². The molecule has 0 aromatic heterocycles. The van der Waals surface area contributed by atoms with Gasteiger partial charge in [-0.3, -0.25) is 0 Å². The molecule has 1 aliphatic rings. The second kappa shape index (κ2) is 7.76. The Hall–Kier alpha value is 0.274. The topological polar surface area (TPSA) is 36.9 Å². The highest BCUT2D eigenvalue weighted by Gasteiger charge is 2.48. The molecule has 18 heavy (non-hydrogen) atoms. The molecule has 0 aromatic carbocycles. The average molecular weight is 293 g/mol. The molecule has 1 heterocycles. The third kappa shape index (κ3) is 4.75. The van der Waals surface area contributed by atoms with Gasteiger partial charge in [0, 0.05) is 42.7 Å². The van der Waals surface area contributed by atoms with E-state index in [0.29, 0.717) is 19.8 Å². The van der Waals surface area contributed by atoms with Crippen LogP contribution in [-0.2, 0) is 18.0 Å². The number of ether oxygens (including phenoxy) is 1. The fourth-order valence-electron chi connectivity index (χ4n) is 2.53. The summed E-state index contributed by atoms with van der Waals surface area (Å²) in [6, 6.07) is 0.821. The van der Waals surface area contributed by atoms with Crippen LogP contribution in [0.3, 0.4) is 0 Å². The van der Waals surface area contributed by atoms with E-state index in [4.69, 9.17) is 18.0 Å². The predicted molar refractivity (Wildman–Crippen MR) is 77.9 cm³/mol. The molecule has 0 N–H and O–H groups in total. The zero-order chi connectivity index (χ0) is 13.5. The summed E-state index contributed by atoms with van der Waals surface area (Å²) in [7, 11) is -1.54. The first-order chi connectivity index (χ1) is 8.60. The number of rotatable bonds is 8. The van der Waals surface area contributed by atoms with Crippen LogP contribution < -0.4 is 0 Å². The minimum Gasteiger partial charge on any atom is -0.380 e. The minimum absolute atomic E-state index is 0.00994. The zero-order valence-electron chi connectivity index (χ0n) is 12.3. The van der Waals surface area contributed by atoms with Crippen molar-refractivity contribution in [1.82, 2.24) is 0 Å². The van der Waals surface area contributed by atoms with E-state index in [2.05, 4.69) is 0 Å². The van der Waals surface area contributed by atoms with Gasteiger partial charge in [-0.25, -0.2) is 0 Å². The lowest BCUT2D eigenvalue weighted by atomic mass is 10.1. The minimum atomic E-state index is -2.55. The lowest BCUT2D eigenvalue weighted by molar-refractivity contribution is -0.0242. The third-order valence-electron chi connectivity index (χ3n) is 3.23. The molecule has 0 spiro atoms. The van der Waals surface area contributed by atoms with E-state index >= 15 is 0 Å². The van der Waals surface area contributed by atoms with Gasteiger partial charge in [0.15, 0.2) is 0 Å². The number of hydrogen-bond donors (Lipinski definition) is 0. The first kappa shape index (κ1) is 16.3. The molecule has 0 aromatic rings.